The minimum atomic E-state index is 0.113. The lowest BCUT2D eigenvalue weighted by atomic mass is 10.2. The van der Waals surface area contributed by atoms with Crippen LogP contribution in [0.1, 0.15) is 32.6 Å². The first-order valence-corrected chi connectivity index (χ1v) is 5.79. The Labute approximate surface area is 98.3 Å². The van der Waals surface area contributed by atoms with E-state index in [1.807, 2.05) is 0 Å². The van der Waals surface area contributed by atoms with Crippen LogP contribution in [0.3, 0.4) is 0 Å². The zero-order valence-electron chi connectivity index (χ0n) is 10.7. The number of ketones is 1. The summed E-state index contributed by atoms with van der Waals surface area (Å²) in [6, 6.07) is 0. The number of unbranched alkanes of at least 4 members (excludes halogenated alkanes) is 1. The molecule has 0 aliphatic rings. The van der Waals surface area contributed by atoms with Crippen molar-refractivity contribution in [2.24, 2.45) is 0 Å². The van der Waals surface area contributed by atoms with Gasteiger partial charge in [0.25, 0.3) is 0 Å². The van der Waals surface area contributed by atoms with Gasteiger partial charge in [-0.15, -0.1) is 0 Å². The van der Waals surface area contributed by atoms with E-state index in [9.17, 15) is 4.79 Å². The highest BCUT2D eigenvalue weighted by atomic mass is 16.5. The third kappa shape index (κ3) is 10.1. The highest BCUT2D eigenvalue weighted by Gasteiger charge is 2.05. The molecule has 4 heteroatoms. The molecule has 0 aliphatic carbocycles. The van der Waals surface area contributed by atoms with Gasteiger partial charge in [-0.05, 0) is 26.2 Å². The molecule has 0 amide bonds. The van der Waals surface area contributed by atoms with Crippen molar-refractivity contribution in [1.82, 2.24) is 0 Å². The molecule has 0 rings (SSSR count). The van der Waals surface area contributed by atoms with Gasteiger partial charge in [0.15, 0.2) is 0 Å². The van der Waals surface area contributed by atoms with E-state index >= 15 is 0 Å². The van der Waals surface area contributed by atoms with Gasteiger partial charge in [-0.3, -0.25) is 0 Å². The van der Waals surface area contributed by atoms with Crippen molar-refractivity contribution in [3.63, 3.8) is 0 Å². The van der Waals surface area contributed by atoms with Gasteiger partial charge in [-0.2, -0.15) is 0 Å². The van der Waals surface area contributed by atoms with Gasteiger partial charge in [0.05, 0.1) is 12.7 Å². The van der Waals surface area contributed by atoms with Gasteiger partial charge in [-0.25, -0.2) is 0 Å². The van der Waals surface area contributed by atoms with E-state index in [-0.39, 0.29) is 11.9 Å². The minimum Gasteiger partial charge on any atom is -0.382 e. The molecule has 0 fully saturated rings. The van der Waals surface area contributed by atoms with E-state index in [1.165, 1.54) is 0 Å². The fraction of sp³-hybridized carbons (Fsp3) is 0.917. The number of methoxy groups -OCH3 is 2. The number of carbonyl (C=O) groups excluding carboxylic acids is 1. The smallest absolute Gasteiger partial charge is 0.129 e. The Morgan fingerprint density at radius 1 is 1.19 bits per heavy atom. The lowest BCUT2D eigenvalue weighted by Gasteiger charge is -2.13. The van der Waals surface area contributed by atoms with Crippen LogP contribution in [-0.4, -0.2) is 45.9 Å². The first-order chi connectivity index (χ1) is 7.70. The van der Waals surface area contributed by atoms with Crippen LogP contribution in [0.4, 0.5) is 0 Å². The van der Waals surface area contributed by atoms with Crippen LogP contribution in [0.25, 0.3) is 0 Å². The summed E-state index contributed by atoms with van der Waals surface area (Å²) in [6.07, 6.45) is 3.48. The topological polar surface area (TPSA) is 44.8 Å². The third-order valence-electron chi connectivity index (χ3n) is 2.34. The highest BCUT2D eigenvalue weighted by molar-refractivity contribution is 5.75. The van der Waals surface area contributed by atoms with Crippen molar-refractivity contribution in [3.8, 4) is 0 Å². The van der Waals surface area contributed by atoms with Crippen LogP contribution >= 0.6 is 0 Å². The number of ether oxygens (including phenoxy) is 3. The summed E-state index contributed by atoms with van der Waals surface area (Å²) >= 11 is 0. The minimum absolute atomic E-state index is 0.113. The fourth-order valence-corrected chi connectivity index (χ4v) is 1.35. The molecule has 0 aliphatic heterocycles. The first-order valence-electron chi connectivity index (χ1n) is 5.79. The number of Topliss-reactive ketones (excluding diaryl/α,β-unsaturated/α-hetero) is 1. The average Bonchev–Trinajstić information content (AvgIpc) is 2.26. The van der Waals surface area contributed by atoms with Crippen LogP contribution in [0.15, 0.2) is 0 Å². The van der Waals surface area contributed by atoms with Crippen LogP contribution in [0.2, 0.25) is 0 Å². The van der Waals surface area contributed by atoms with Crippen LogP contribution in [-0.2, 0) is 19.0 Å². The Balaban J connectivity index is 3.22. The summed E-state index contributed by atoms with van der Waals surface area (Å²) in [6.45, 7) is 3.62. The van der Waals surface area contributed by atoms with E-state index < -0.39 is 0 Å². The molecule has 0 radical (unpaired) electrons. The number of hydrogen-bond donors (Lipinski definition) is 0. The molecular weight excluding hydrogens is 208 g/mol. The molecule has 0 heterocycles. The summed E-state index contributed by atoms with van der Waals surface area (Å²) < 4.78 is 15.6. The average molecular weight is 232 g/mol. The lowest BCUT2D eigenvalue weighted by molar-refractivity contribution is -0.117. The molecule has 0 saturated carbocycles. The fourth-order valence-electron chi connectivity index (χ4n) is 1.35. The van der Waals surface area contributed by atoms with Crippen molar-refractivity contribution < 1.29 is 19.0 Å². The normalized spacial score (nSPS) is 12.7. The highest BCUT2D eigenvalue weighted by Crippen LogP contribution is 2.00. The maximum absolute atomic E-state index is 10.7. The Hall–Kier alpha value is -0.450. The summed E-state index contributed by atoms with van der Waals surface area (Å²) in [7, 11) is 3.34. The van der Waals surface area contributed by atoms with E-state index in [1.54, 1.807) is 21.1 Å². The zero-order valence-corrected chi connectivity index (χ0v) is 10.7. The predicted molar refractivity (Wildman–Crippen MR) is 62.6 cm³/mol. The largest absolute Gasteiger partial charge is 0.382 e. The van der Waals surface area contributed by atoms with Gasteiger partial charge < -0.3 is 19.0 Å². The molecular formula is C12H24O4. The molecule has 0 N–H and O–H groups in total. The van der Waals surface area contributed by atoms with E-state index in [0.29, 0.717) is 19.6 Å². The van der Waals surface area contributed by atoms with Gasteiger partial charge in [0, 0.05) is 33.9 Å². The standard InChI is InChI=1S/C12H24O4/c1-11(13)6-4-5-8-16-9-7-12(15-3)10-14-2/h12H,4-10H2,1-3H3. The number of hydrogen-bond acceptors (Lipinski definition) is 4. The van der Waals surface area contributed by atoms with Gasteiger partial charge in [0.2, 0.25) is 0 Å². The van der Waals surface area contributed by atoms with Crippen molar-refractivity contribution in [3.05, 3.63) is 0 Å². The molecule has 0 aromatic heterocycles. The third-order valence-corrected chi connectivity index (χ3v) is 2.34. The van der Waals surface area contributed by atoms with Crippen molar-refractivity contribution in [2.75, 3.05) is 34.0 Å². The maximum atomic E-state index is 10.7. The summed E-state index contributed by atoms with van der Waals surface area (Å²) in [4.78, 5) is 10.7. The Kier molecular flexibility index (Phi) is 10.7. The second kappa shape index (κ2) is 11.0. The van der Waals surface area contributed by atoms with E-state index in [4.69, 9.17) is 14.2 Å². The molecule has 0 saturated heterocycles. The molecule has 4 nitrogen and oxygen atoms in total. The Morgan fingerprint density at radius 2 is 1.94 bits per heavy atom. The molecule has 0 aromatic carbocycles. The van der Waals surface area contributed by atoms with Gasteiger partial charge >= 0.3 is 0 Å². The van der Waals surface area contributed by atoms with Crippen molar-refractivity contribution >= 4 is 5.78 Å². The van der Waals surface area contributed by atoms with Crippen LogP contribution < -0.4 is 0 Å². The maximum Gasteiger partial charge on any atom is 0.129 e. The van der Waals surface area contributed by atoms with E-state index in [2.05, 4.69) is 0 Å². The lowest BCUT2D eigenvalue weighted by Crippen LogP contribution is -2.19. The Morgan fingerprint density at radius 3 is 2.50 bits per heavy atom. The molecule has 0 bridgehead atoms. The number of rotatable bonds is 11. The second-order valence-corrected chi connectivity index (χ2v) is 3.87. The summed E-state index contributed by atoms with van der Waals surface area (Å²) in [5.74, 6) is 0.250. The second-order valence-electron chi connectivity index (χ2n) is 3.87. The van der Waals surface area contributed by atoms with E-state index in [0.717, 1.165) is 25.9 Å². The SMILES string of the molecule is COCC(CCOCCCCC(C)=O)OC. The van der Waals surface area contributed by atoms with Crippen LogP contribution in [0.5, 0.6) is 0 Å². The molecule has 16 heavy (non-hydrogen) atoms. The molecule has 1 atom stereocenters. The van der Waals surface area contributed by atoms with Gasteiger partial charge in [0.1, 0.15) is 5.78 Å². The summed E-state index contributed by atoms with van der Waals surface area (Å²) in [5, 5.41) is 0. The van der Waals surface area contributed by atoms with Crippen molar-refractivity contribution in [2.45, 2.75) is 38.7 Å². The number of carbonyl (C=O) groups is 1. The Bertz CT molecular complexity index is 170. The van der Waals surface area contributed by atoms with Gasteiger partial charge in [-0.1, -0.05) is 0 Å². The molecule has 0 spiro atoms. The predicted octanol–water partition coefficient (Wildman–Crippen LogP) is 1.81. The molecule has 1 unspecified atom stereocenters. The summed E-state index contributed by atoms with van der Waals surface area (Å²) in [5.41, 5.74) is 0. The molecule has 96 valence electrons. The monoisotopic (exact) mass is 232 g/mol. The molecule has 0 aromatic rings. The zero-order chi connectivity index (χ0) is 12.2. The first kappa shape index (κ1) is 15.6. The quantitative estimate of drug-likeness (QED) is 0.510. The van der Waals surface area contributed by atoms with Crippen LogP contribution in [0, 0.1) is 0 Å². The van der Waals surface area contributed by atoms with Crippen molar-refractivity contribution in [1.29, 1.82) is 0 Å².